The van der Waals surface area contributed by atoms with Crippen molar-refractivity contribution in [1.29, 1.82) is 0 Å². The summed E-state index contributed by atoms with van der Waals surface area (Å²) >= 11 is 1.72. The Hall–Kier alpha value is -2.70. The lowest BCUT2D eigenvalue weighted by Crippen LogP contribution is -2.10. The van der Waals surface area contributed by atoms with Crippen molar-refractivity contribution in [1.82, 2.24) is 19.7 Å². The molecule has 0 amide bonds. The van der Waals surface area contributed by atoms with Gasteiger partial charge in [-0.15, -0.1) is 11.3 Å². The number of aromatic nitrogens is 4. The first kappa shape index (κ1) is 16.5. The Kier molecular flexibility index (Phi) is 4.35. The van der Waals surface area contributed by atoms with Crippen LogP contribution in [0.15, 0.2) is 60.4 Å². The summed E-state index contributed by atoms with van der Waals surface area (Å²) in [5, 5.41) is 9.54. The molecule has 0 radical (unpaired) electrons. The average Bonchev–Trinajstić information content (AvgIpc) is 3.48. The van der Waals surface area contributed by atoms with Gasteiger partial charge in [-0.25, -0.2) is 4.98 Å². The third-order valence-corrected chi connectivity index (χ3v) is 5.96. The van der Waals surface area contributed by atoms with Crippen molar-refractivity contribution in [3.63, 3.8) is 0 Å². The fraction of sp³-hybridized carbons (Fsp3) is 0.238. The molecule has 1 atom stereocenters. The van der Waals surface area contributed by atoms with Crippen LogP contribution in [-0.2, 0) is 11.3 Å². The van der Waals surface area contributed by atoms with Crippen molar-refractivity contribution in [2.45, 2.75) is 18.9 Å². The van der Waals surface area contributed by atoms with Crippen molar-refractivity contribution < 1.29 is 4.74 Å². The van der Waals surface area contributed by atoms with Crippen molar-refractivity contribution in [2.75, 3.05) is 13.2 Å². The van der Waals surface area contributed by atoms with Gasteiger partial charge >= 0.3 is 0 Å². The largest absolute Gasteiger partial charge is 0.381 e. The SMILES string of the molecule is c1ccc(-c2ncn(Cc3cn[nH]c3-c3cccs3)c2[C@@H]2CCOC2)cc1. The third kappa shape index (κ3) is 3.11. The zero-order valence-electron chi connectivity index (χ0n) is 14.8. The molecule has 0 spiro atoms. The highest BCUT2D eigenvalue weighted by Crippen LogP contribution is 2.34. The summed E-state index contributed by atoms with van der Waals surface area (Å²) in [5.74, 6) is 0.375. The number of thiophene rings is 1. The van der Waals surface area contributed by atoms with Gasteiger partial charge in [-0.2, -0.15) is 5.10 Å². The van der Waals surface area contributed by atoms with E-state index in [9.17, 15) is 0 Å². The molecule has 1 fully saturated rings. The van der Waals surface area contributed by atoms with Gasteiger partial charge in [0.15, 0.2) is 0 Å². The Bertz CT molecular complexity index is 1010. The minimum Gasteiger partial charge on any atom is -0.381 e. The van der Waals surface area contributed by atoms with E-state index in [2.05, 4.69) is 56.5 Å². The number of nitrogens with zero attached hydrogens (tertiary/aromatic N) is 3. The molecule has 4 heterocycles. The molecule has 136 valence electrons. The zero-order valence-corrected chi connectivity index (χ0v) is 15.7. The van der Waals surface area contributed by atoms with E-state index in [4.69, 9.17) is 9.72 Å². The molecule has 1 N–H and O–H groups in total. The van der Waals surface area contributed by atoms with Gasteiger partial charge in [-0.1, -0.05) is 36.4 Å². The Balaban J connectivity index is 1.55. The molecular formula is C21H20N4OS. The first-order chi connectivity index (χ1) is 13.4. The van der Waals surface area contributed by atoms with Gasteiger partial charge in [0.2, 0.25) is 0 Å². The van der Waals surface area contributed by atoms with Gasteiger partial charge in [0.05, 0.1) is 47.6 Å². The molecule has 5 rings (SSSR count). The van der Waals surface area contributed by atoms with Crippen LogP contribution in [0.3, 0.4) is 0 Å². The van der Waals surface area contributed by atoms with Crippen LogP contribution >= 0.6 is 11.3 Å². The quantitative estimate of drug-likeness (QED) is 0.556. The van der Waals surface area contributed by atoms with Gasteiger partial charge in [-0.05, 0) is 17.9 Å². The molecule has 1 saturated heterocycles. The van der Waals surface area contributed by atoms with E-state index in [0.717, 1.165) is 43.1 Å². The van der Waals surface area contributed by atoms with E-state index < -0.39 is 0 Å². The standard InChI is InChI=1S/C21H20N4OS/c1-2-5-15(6-3-1)20-21(16-8-9-26-13-16)25(14-22-20)12-17-11-23-24-19(17)18-7-4-10-27-18/h1-7,10-11,14,16H,8-9,12-13H2,(H,23,24)/t16-/m1/s1. The average molecular weight is 376 g/mol. The van der Waals surface area contributed by atoms with E-state index in [1.54, 1.807) is 11.3 Å². The van der Waals surface area contributed by atoms with Crippen LogP contribution in [-0.4, -0.2) is 33.0 Å². The maximum atomic E-state index is 5.69. The number of ether oxygens (including phenoxy) is 1. The first-order valence-electron chi connectivity index (χ1n) is 9.14. The number of H-pyrrole nitrogens is 1. The third-order valence-electron chi connectivity index (χ3n) is 5.07. The molecule has 1 aromatic carbocycles. The van der Waals surface area contributed by atoms with Crippen LogP contribution in [0.2, 0.25) is 0 Å². The fourth-order valence-electron chi connectivity index (χ4n) is 3.76. The molecule has 4 aromatic rings. The topological polar surface area (TPSA) is 55.7 Å². The Labute approximate surface area is 161 Å². The molecular weight excluding hydrogens is 356 g/mol. The second kappa shape index (κ2) is 7.13. The molecule has 0 saturated carbocycles. The second-order valence-electron chi connectivity index (χ2n) is 6.78. The smallest absolute Gasteiger partial charge is 0.0959 e. The number of aromatic amines is 1. The predicted molar refractivity (Wildman–Crippen MR) is 107 cm³/mol. The first-order valence-corrected chi connectivity index (χ1v) is 10.0. The molecule has 0 bridgehead atoms. The van der Waals surface area contributed by atoms with Crippen LogP contribution in [0.1, 0.15) is 23.6 Å². The molecule has 5 nitrogen and oxygen atoms in total. The maximum Gasteiger partial charge on any atom is 0.0959 e. The molecule has 0 aliphatic carbocycles. The Morgan fingerprint density at radius 2 is 2.11 bits per heavy atom. The summed E-state index contributed by atoms with van der Waals surface area (Å²) in [7, 11) is 0. The number of nitrogens with one attached hydrogen (secondary N) is 1. The van der Waals surface area contributed by atoms with Crippen molar-refractivity contribution in [2.24, 2.45) is 0 Å². The Morgan fingerprint density at radius 3 is 2.89 bits per heavy atom. The van der Waals surface area contributed by atoms with E-state index in [0.29, 0.717) is 5.92 Å². The van der Waals surface area contributed by atoms with Crippen molar-refractivity contribution in [3.8, 4) is 21.8 Å². The highest BCUT2D eigenvalue weighted by atomic mass is 32.1. The lowest BCUT2D eigenvalue weighted by atomic mass is 9.99. The van der Waals surface area contributed by atoms with Crippen molar-refractivity contribution >= 4 is 11.3 Å². The molecule has 3 aromatic heterocycles. The molecule has 27 heavy (non-hydrogen) atoms. The summed E-state index contributed by atoms with van der Waals surface area (Å²) in [4.78, 5) is 5.99. The molecule has 1 aliphatic heterocycles. The highest BCUT2D eigenvalue weighted by molar-refractivity contribution is 7.13. The lowest BCUT2D eigenvalue weighted by molar-refractivity contribution is 0.193. The molecule has 6 heteroatoms. The van der Waals surface area contributed by atoms with Gasteiger partial charge in [0, 0.05) is 23.7 Å². The monoisotopic (exact) mass is 376 g/mol. The lowest BCUT2D eigenvalue weighted by Gasteiger charge is -2.15. The predicted octanol–water partition coefficient (Wildman–Crippen LogP) is 4.55. The van der Waals surface area contributed by atoms with Gasteiger partial charge < -0.3 is 9.30 Å². The summed E-state index contributed by atoms with van der Waals surface area (Å²) in [6, 6.07) is 14.6. The van der Waals surface area contributed by atoms with Gasteiger partial charge in [-0.3, -0.25) is 5.10 Å². The summed E-state index contributed by atoms with van der Waals surface area (Å²) < 4.78 is 7.95. The Morgan fingerprint density at radius 1 is 1.19 bits per heavy atom. The summed E-state index contributed by atoms with van der Waals surface area (Å²) in [5.41, 5.74) is 5.75. The number of hydrogen-bond donors (Lipinski definition) is 1. The number of imidazole rings is 1. The normalized spacial score (nSPS) is 16.8. The van der Waals surface area contributed by atoms with Crippen molar-refractivity contribution in [3.05, 3.63) is 71.6 Å². The number of rotatable bonds is 5. The maximum absolute atomic E-state index is 5.69. The minimum absolute atomic E-state index is 0.375. The summed E-state index contributed by atoms with van der Waals surface area (Å²) in [6.07, 6.45) is 4.92. The van der Waals surface area contributed by atoms with Crippen LogP contribution in [0, 0.1) is 0 Å². The number of hydrogen-bond acceptors (Lipinski definition) is 4. The van der Waals surface area contributed by atoms with E-state index in [-0.39, 0.29) is 0 Å². The van der Waals surface area contributed by atoms with E-state index >= 15 is 0 Å². The van der Waals surface area contributed by atoms with Crippen LogP contribution in [0.5, 0.6) is 0 Å². The van der Waals surface area contributed by atoms with Gasteiger partial charge in [0.1, 0.15) is 0 Å². The zero-order chi connectivity index (χ0) is 18.1. The van der Waals surface area contributed by atoms with Crippen LogP contribution in [0.4, 0.5) is 0 Å². The highest BCUT2D eigenvalue weighted by Gasteiger charge is 2.26. The fourth-order valence-corrected chi connectivity index (χ4v) is 4.52. The minimum atomic E-state index is 0.375. The van der Waals surface area contributed by atoms with Crippen LogP contribution in [0.25, 0.3) is 21.8 Å². The van der Waals surface area contributed by atoms with E-state index in [1.165, 1.54) is 16.1 Å². The van der Waals surface area contributed by atoms with Gasteiger partial charge in [0.25, 0.3) is 0 Å². The number of benzene rings is 1. The summed E-state index contributed by atoms with van der Waals surface area (Å²) in [6.45, 7) is 2.32. The van der Waals surface area contributed by atoms with E-state index in [1.807, 2.05) is 18.6 Å². The molecule has 0 unspecified atom stereocenters. The molecule has 1 aliphatic rings. The van der Waals surface area contributed by atoms with Crippen LogP contribution < -0.4 is 0 Å². The second-order valence-corrected chi connectivity index (χ2v) is 7.73.